The maximum absolute atomic E-state index is 10.1. The summed E-state index contributed by atoms with van der Waals surface area (Å²) in [5.74, 6) is 2.23. The summed E-state index contributed by atoms with van der Waals surface area (Å²) < 4.78 is 5.88. The molecule has 0 aliphatic carbocycles. The molecule has 1 aromatic heterocycles. The van der Waals surface area contributed by atoms with Crippen LogP contribution in [0.1, 0.15) is 5.76 Å². The van der Waals surface area contributed by atoms with Crippen LogP contribution in [0.15, 0.2) is 64.0 Å². The molecule has 7 heteroatoms. The van der Waals surface area contributed by atoms with Gasteiger partial charge in [-0.25, -0.2) is 0 Å². The number of phenolic OH excluding ortho intramolecular Hbond substituents is 1. The Balaban J connectivity index is 0.00000240. The number of anilines is 1. The summed E-state index contributed by atoms with van der Waals surface area (Å²) >= 11 is 0. The van der Waals surface area contributed by atoms with E-state index in [2.05, 4.69) is 32.2 Å². The van der Waals surface area contributed by atoms with Crippen molar-refractivity contribution in [3.63, 3.8) is 0 Å². The molecule has 0 atom stereocenters. The summed E-state index contributed by atoms with van der Waals surface area (Å²) in [6.45, 7) is 4.19. The highest BCUT2D eigenvalue weighted by Gasteiger charge is 2.21. The van der Waals surface area contributed by atoms with Crippen molar-refractivity contribution < 1.29 is 9.52 Å². The van der Waals surface area contributed by atoms with Crippen LogP contribution in [-0.2, 0) is 6.42 Å². The van der Waals surface area contributed by atoms with Crippen molar-refractivity contribution in [2.45, 2.75) is 6.42 Å². The molecule has 0 unspecified atom stereocenters. The zero-order valence-corrected chi connectivity index (χ0v) is 18.9. The highest BCUT2D eigenvalue weighted by Crippen LogP contribution is 2.27. The molecule has 6 nitrogen and oxygen atoms in total. The molecule has 0 spiro atoms. The molecule has 1 saturated heterocycles. The molecule has 2 N–H and O–H groups in total. The van der Waals surface area contributed by atoms with Crippen LogP contribution in [0.5, 0.6) is 5.75 Å². The van der Waals surface area contributed by atoms with E-state index in [9.17, 15) is 5.11 Å². The summed E-state index contributed by atoms with van der Waals surface area (Å²) in [5, 5.41) is 14.6. The number of piperazine rings is 1. The standard InChI is InChI=1S/C22H26N4O2.HI/c1-23-22(24-11-10-18-16-17-6-2-5-9-21(17)28-18)26-14-12-25(13-15-26)19-7-3-4-8-20(19)27;/h2-9,16,27H,10-15H2,1H3,(H,23,24);1H. The number of para-hydroxylation sites is 3. The predicted molar refractivity (Wildman–Crippen MR) is 129 cm³/mol. The van der Waals surface area contributed by atoms with Crippen LogP contribution in [0.2, 0.25) is 0 Å². The minimum absolute atomic E-state index is 0. The Bertz CT molecular complexity index is 931. The quantitative estimate of drug-likeness (QED) is 0.321. The van der Waals surface area contributed by atoms with Gasteiger partial charge in [-0.1, -0.05) is 30.3 Å². The maximum Gasteiger partial charge on any atom is 0.193 e. The molecular formula is C22H27IN4O2. The zero-order chi connectivity index (χ0) is 19.3. The van der Waals surface area contributed by atoms with Gasteiger partial charge in [-0.05, 0) is 24.3 Å². The lowest BCUT2D eigenvalue weighted by molar-refractivity contribution is 0.369. The Kier molecular flexibility index (Phi) is 7.24. The largest absolute Gasteiger partial charge is 0.506 e. The van der Waals surface area contributed by atoms with Gasteiger partial charge in [0.1, 0.15) is 17.1 Å². The van der Waals surface area contributed by atoms with Gasteiger partial charge in [0.05, 0.1) is 5.69 Å². The first-order valence-corrected chi connectivity index (χ1v) is 9.70. The van der Waals surface area contributed by atoms with E-state index >= 15 is 0 Å². The van der Waals surface area contributed by atoms with Crippen molar-refractivity contribution in [3.8, 4) is 5.75 Å². The van der Waals surface area contributed by atoms with E-state index in [-0.39, 0.29) is 24.0 Å². The molecule has 29 heavy (non-hydrogen) atoms. The molecule has 0 bridgehead atoms. The van der Waals surface area contributed by atoms with Crippen LogP contribution in [0.25, 0.3) is 11.0 Å². The predicted octanol–water partition coefficient (Wildman–Crippen LogP) is 3.70. The smallest absolute Gasteiger partial charge is 0.193 e. The summed E-state index contributed by atoms with van der Waals surface area (Å²) in [4.78, 5) is 8.91. The average Bonchev–Trinajstić information content (AvgIpc) is 3.15. The summed E-state index contributed by atoms with van der Waals surface area (Å²) in [6.07, 6.45) is 0.811. The lowest BCUT2D eigenvalue weighted by atomic mass is 10.2. The first-order chi connectivity index (χ1) is 13.7. The fraction of sp³-hybridized carbons (Fsp3) is 0.318. The number of aliphatic imine (C=N–C) groups is 1. The number of guanidine groups is 1. The molecule has 154 valence electrons. The van der Waals surface area contributed by atoms with E-state index in [0.717, 1.165) is 67.5 Å². The molecule has 0 amide bonds. The van der Waals surface area contributed by atoms with Gasteiger partial charge in [-0.2, -0.15) is 0 Å². The first kappa shape index (κ1) is 21.3. The Morgan fingerprint density at radius 2 is 1.79 bits per heavy atom. The Morgan fingerprint density at radius 1 is 1.07 bits per heavy atom. The number of fused-ring (bicyclic) bond motifs is 1. The van der Waals surface area contributed by atoms with E-state index < -0.39 is 0 Å². The number of aromatic hydroxyl groups is 1. The van der Waals surface area contributed by atoms with E-state index in [1.165, 1.54) is 0 Å². The Labute approximate surface area is 188 Å². The number of benzene rings is 2. The summed E-state index contributed by atoms with van der Waals surface area (Å²) in [7, 11) is 1.82. The second-order valence-corrected chi connectivity index (χ2v) is 6.94. The zero-order valence-electron chi connectivity index (χ0n) is 16.5. The Hall–Kier alpha value is -2.42. The molecule has 3 aromatic rings. The number of halogens is 1. The molecule has 0 radical (unpaired) electrons. The number of nitrogens with one attached hydrogen (secondary N) is 1. The van der Waals surface area contributed by atoms with Gasteiger partial charge < -0.3 is 24.6 Å². The third-order valence-electron chi connectivity index (χ3n) is 5.14. The van der Waals surface area contributed by atoms with Crippen LogP contribution >= 0.6 is 24.0 Å². The minimum Gasteiger partial charge on any atom is -0.506 e. The molecule has 2 aromatic carbocycles. The van der Waals surface area contributed by atoms with Crippen LogP contribution in [-0.4, -0.2) is 55.7 Å². The topological polar surface area (TPSA) is 64.2 Å². The highest BCUT2D eigenvalue weighted by molar-refractivity contribution is 14.0. The second-order valence-electron chi connectivity index (χ2n) is 6.94. The fourth-order valence-electron chi connectivity index (χ4n) is 3.68. The summed E-state index contributed by atoms with van der Waals surface area (Å²) in [5.41, 5.74) is 1.83. The van der Waals surface area contributed by atoms with E-state index in [1.807, 2.05) is 43.4 Å². The van der Waals surface area contributed by atoms with Crippen LogP contribution in [0, 0.1) is 0 Å². The third kappa shape index (κ3) is 4.95. The van der Waals surface area contributed by atoms with Crippen molar-refractivity contribution in [1.82, 2.24) is 10.2 Å². The van der Waals surface area contributed by atoms with Crippen LogP contribution in [0.3, 0.4) is 0 Å². The average molecular weight is 506 g/mol. The van der Waals surface area contributed by atoms with Crippen molar-refractivity contribution in [2.75, 3.05) is 44.7 Å². The number of rotatable bonds is 4. The van der Waals surface area contributed by atoms with Crippen molar-refractivity contribution >= 4 is 46.6 Å². The lowest BCUT2D eigenvalue weighted by Crippen LogP contribution is -2.52. The number of hydrogen-bond donors (Lipinski definition) is 2. The van der Waals surface area contributed by atoms with Gasteiger partial charge in [-0.15, -0.1) is 24.0 Å². The first-order valence-electron chi connectivity index (χ1n) is 9.70. The van der Waals surface area contributed by atoms with Crippen LogP contribution in [0.4, 0.5) is 5.69 Å². The number of furan rings is 1. The molecule has 2 heterocycles. The Morgan fingerprint density at radius 3 is 2.52 bits per heavy atom. The van der Waals surface area contributed by atoms with Crippen molar-refractivity contribution in [3.05, 3.63) is 60.4 Å². The van der Waals surface area contributed by atoms with Gasteiger partial charge in [0, 0.05) is 51.6 Å². The molecule has 4 rings (SSSR count). The minimum atomic E-state index is 0. The van der Waals surface area contributed by atoms with E-state index in [1.54, 1.807) is 6.07 Å². The van der Waals surface area contributed by atoms with E-state index in [4.69, 9.17) is 4.42 Å². The van der Waals surface area contributed by atoms with E-state index in [0.29, 0.717) is 5.75 Å². The number of nitrogens with zero attached hydrogens (tertiary/aromatic N) is 3. The number of hydrogen-bond acceptors (Lipinski definition) is 4. The van der Waals surface area contributed by atoms with Gasteiger partial charge in [0.25, 0.3) is 0 Å². The van der Waals surface area contributed by atoms with Crippen molar-refractivity contribution in [1.29, 1.82) is 0 Å². The fourth-order valence-corrected chi connectivity index (χ4v) is 3.68. The SMILES string of the molecule is CN=C(NCCc1cc2ccccc2o1)N1CCN(c2ccccc2O)CC1.I. The molecular weight excluding hydrogens is 479 g/mol. The van der Waals surface area contributed by atoms with Crippen LogP contribution < -0.4 is 10.2 Å². The van der Waals surface area contributed by atoms with Gasteiger partial charge >= 0.3 is 0 Å². The summed E-state index contributed by atoms with van der Waals surface area (Å²) in [6, 6.07) is 17.7. The molecule has 1 fully saturated rings. The molecule has 1 aliphatic rings. The molecule has 0 saturated carbocycles. The number of phenols is 1. The third-order valence-corrected chi connectivity index (χ3v) is 5.14. The van der Waals surface area contributed by atoms with Gasteiger partial charge in [0.15, 0.2) is 5.96 Å². The maximum atomic E-state index is 10.1. The molecule has 1 aliphatic heterocycles. The monoisotopic (exact) mass is 506 g/mol. The van der Waals surface area contributed by atoms with Gasteiger partial charge in [0.2, 0.25) is 0 Å². The second kappa shape index (κ2) is 9.87. The van der Waals surface area contributed by atoms with Crippen molar-refractivity contribution in [2.24, 2.45) is 4.99 Å². The lowest BCUT2D eigenvalue weighted by Gasteiger charge is -2.37. The van der Waals surface area contributed by atoms with Gasteiger partial charge in [-0.3, -0.25) is 4.99 Å². The normalized spacial score (nSPS) is 14.7. The highest BCUT2D eigenvalue weighted by atomic mass is 127.